The zero-order chi connectivity index (χ0) is 14.1. The number of nitrogens with one attached hydrogen (secondary N) is 1. The predicted molar refractivity (Wildman–Crippen MR) is 75.8 cm³/mol. The largest absolute Gasteiger partial charge is 0.480 e. The standard InChI is InChI=1S/C13H23NO3S/c1-9(2)12(13(16)17)14-11(15)8-10(3)6-4-5-7-18/h4,6,9-10,12,18H,5,7-8H2,1-3H3,(H,14,15)(H,16,17)/b6-4+. The van der Waals surface area contributed by atoms with Crippen molar-refractivity contribution in [2.75, 3.05) is 5.75 Å². The SMILES string of the molecule is CC(/C=C/CCS)CC(=O)NC(C(=O)O)C(C)C. The van der Waals surface area contributed by atoms with E-state index in [0.29, 0.717) is 6.42 Å². The lowest BCUT2D eigenvalue weighted by Crippen LogP contribution is -2.44. The van der Waals surface area contributed by atoms with Gasteiger partial charge >= 0.3 is 5.97 Å². The number of carbonyl (C=O) groups excluding carboxylic acids is 1. The van der Waals surface area contributed by atoms with Crippen LogP contribution in [0.2, 0.25) is 0 Å². The van der Waals surface area contributed by atoms with Crippen molar-refractivity contribution in [1.82, 2.24) is 5.32 Å². The van der Waals surface area contributed by atoms with Crippen molar-refractivity contribution >= 4 is 24.5 Å². The van der Waals surface area contributed by atoms with Crippen LogP contribution in [0.1, 0.15) is 33.6 Å². The highest BCUT2D eigenvalue weighted by Crippen LogP contribution is 2.07. The summed E-state index contributed by atoms with van der Waals surface area (Å²) in [5, 5.41) is 11.5. The molecule has 0 bridgehead atoms. The zero-order valence-corrected chi connectivity index (χ0v) is 12.1. The minimum Gasteiger partial charge on any atom is -0.480 e. The average Bonchev–Trinajstić information content (AvgIpc) is 2.25. The van der Waals surface area contributed by atoms with Gasteiger partial charge in [0.05, 0.1) is 0 Å². The Bertz CT molecular complexity index is 303. The van der Waals surface area contributed by atoms with Gasteiger partial charge in [-0.2, -0.15) is 12.6 Å². The molecule has 0 fully saturated rings. The van der Waals surface area contributed by atoms with Gasteiger partial charge in [-0.3, -0.25) is 4.79 Å². The smallest absolute Gasteiger partial charge is 0.326 e. The Morgan fingerprint density at radius 1 is 1.33 bits per heavy atom. The molecule has 0 heterocycles. The van der Waals surface area contributed by atoms with Gasteiger partial charge in [0.25, 0.3) is 0 Å². The fourth-order valence-electron chi connectivity index (χ4n) is 1.51. The number of carboxylic acid groups (broad SMARTS) is 1. The fourth-order valence-corrected chi connectivity index (χ4v) is 1.66. The lowest BCUT2D eigenvalue weighted by Gasteiger charge is -2.18. The number of rotatable bonds is 8. The van der Waals surface area contributed by atoms with Gasteiger partial charge in [-0.1, -0.05) is 32.9 Å². The number of thiol groups is 1. The molecular formula is C13H23NO3S. The van der Waals surface area contributed by atoms with Crippen LogP contribution in [-0.2, 0) is 9.59 Å². The Morgan fingerprint density at radius 3 is 2.39 bits per heavy atom. The number of allylic oxidation sites excluding steroid dienone is 2. The molecule has 5 heteroatoms. The molecule has 0 spiro atoms. The number of aliphatic carboxylic acids is 1. The van der Waals surface area contributed by atoms with E-state index in [2.05, 4.69) is 17.9 Å². The molecule has 0 saturated heterocycles. The molecular weight excluding hydrogens is 250 g/mol. The van der Waals surface area contributed by atoms with Crippen LogP contribution >= 0.6 is 12.6 Å². The van der Waals surface area contributed by atoms with Crippen LogP contribution in [0.25, 0.3) is 0 Å². The van der Waals surface area contributed by atoms with Crippen LogP contribution in [0.15, 0.2) is 12.2 Å². The molecule has 1 amide bonds. The molecule has 4 nitrogen and oxygen atoms in total. The summed E-state index contributed by atoms with van der Waals surface area (Å²) in [5.41, 5.74) is 0. The fraction of sp³-hybridized carbons (Fsp3) is 0.692. The summed E-state index contributed by atoms with van der Waals surface area (Å²) >= 11 is 4.09. The zero-order valence-electron chi connectivity index (χ0n) is 11.2. The van der Waals surface area contributed by atoms with Crippen molar-refractivity contribution in [1.29, 1.82) is 0 Å². The monoisotopic (exact) mass is 273 g/mol. The molecule has 0 aliphatic carbocycles. The summed E-state index contributed by atoms with van der Waals surface area (Å²) in [5.74, 6) is -0.451. The number of hydrogen-bond donors (Lipinski definition) is 3. The van der Waals surface area contributed by atoms with Crippen molar-refractivity contribution in [2.24, 2.45) is 11.8 Å². The van der Waals surface area contributed by atoms with Gasteiger partial charge in [-0.25, -0.2) is 4.79 Å². The van der Waals surface area contributed by atoms with Crippen LogP contribution in [0.5, 0.6) is 0 Å². The van der Waals surface area contributed by atoms with Crippen LogP contribution in [0.4, 0.5) is 0 Å². The molecule has 0 aromatic rings. The molecule has 0 radical (unpaired) electrons. The van der Waals surface area contributed by atoms with Crippen LogP contribution in [0, 0.1) is 11.8 Å². The summed E-state index contributed by atoms with van der Waals surface area (Å²) in [6, 6.07) is -0.814. The Kier molecular flexibility index (Phi) is 8.54. The molecule has 0 aliphatic heterocycles. The Hall–Kier alpha value is -0.970. The summed E-state index contributed by atoms with van der Waals surface area (Å²) in [4.78, 5) is 22.6. The number of carboxylic acids is 1. The quantitative estimate of drug-likeness (QED) is 0.469. The van der Waals surface area contributed by atoms with E-state index in [1.165, 1.54) is 0 Å². The summed E-state index contributed by atoms with van der Waals surface area (Å²) in [7, 11) is 0. The lowest BCUT2D eigenvalue weighted by molar-refractivity contribution is -0.143. The molecule has 2 N–H and O–H groups in total. The molecule has 0 aromatic carbocycles. The minimum atomic E-state index is -0.989. The third kappa shape index (κ3) is 7.37. The van der Waals surface area contributed by atoms with Crippen molar-refractivity contribution in [2.45, 2.75) is 39.7 Å². The van der Waals surface area contributed by atoms with E-state index in [1.807, 2.05) is 19.1 Å². The summed E-state index contributed by atoms with van der Waals surface area (Å²) in [6.07, 6.45) is 5.13. The first-order chi connectivity index (χ1) is 8.38. The van der Waals surface area contributed by atoms with Gasteiger partial charge in [0.2, 0.25) is 5.91 Å². The third-order valence-corrected chi connectivity index (χ3v) is 2.78. The van der Waals surface area contributed by atoms with E-state index >= 15 is 0 Å². The lowest BCUT2D eigenvalue weighted by atomic mass is 10.0. The van der Waals surface area contributed by atoms with Gasteiger partial charge in [-0.15, -0.1) is 0 Å². The van der Waals surface area contributed by atoms with Gasteiger partial charge in [-0.05, 0) is 24.0 Å². The van der Waals surface area contributed by atoms with Crippen molar-refractivity contribution in [3.63, 3.8) is 0 Å². The predicted octanol–water partition coefficient (Wildman–Crippen LogP) is 2.11. The van der Waals surface area contributed by atoms with Gasteiger partial charge in [0.15, 0.2) is 0 Å². The molecule has 0 rings (SSSR count). The molecule has 104 valence electrons. The molecule has 2 atom stereocenters. The maximum atomic E-state index is 11.7. The first-order valence-corrected chi connectivity index (χ1v) is 6.81. The molecule has 0 aromatic heterocycles. The third-order valence-electron chi connectivity index (χ3n) is 2.52. The second-order valence-electron chi connectivity index (χ2n) is 4.75. The number of hydrogen-bond acceptors (Lipinski definition) is 3. The van der Waals surface area contributed by atoms with E-state index in [0.717, 1.165) is 12.2 Å². The molecule has 2 unspecified atom stereocenters. The Balaban J connectivity index is 4.20. The van der Waals surface area contributed by atoms with Gasteiger partial charge in [0, 0.05) is 6.42 Å². The van der Waals surface area contributed by atoms with E-state index in [1.54, 1.807) is 13.8 Å². The molecule has 0 saturated carbocycles. The Labute approximate surface area is 114 Å². The van der Waals surface area contributed by atoms with Crippen LogP contribution < -0.4 is 5.32 Å². The second-order valence-corrected chi connectivity index (χ2v) is 5.20. The highest BCUT2D eigenvalue weighted by Gasteiger charge is 2.23. The second kappa shape index (κ2) is 9.03. The summed E-state index contributed by atoms with van der Waals surface area (Å²) < 4.78 is 0. The maximum absolute atomic E-state index is 11.7. The average molecular weight is 273 g/mol. The van der Waals surface area contributed by atoms with E-state index in [9.17, 15) is 9.59 Å². The van der Waals surface area contributed by atoms with Gasteiger partial charge in [0.1, 0.15) is 6.04 Å². The first kappa shape index (κ1) is 17.0. The van der Waals surface area contributed by atoms with Crippen molar-refractivity contribution in [3.8, 4) is 0 Å². The topological polar surface area (TPSA) is 66.4 Å². The highest BCUT2D eigenvalue weighted by atomic mass is 32.1. The summed E-state index contributed by atoms with van der Waals surface area (Å²) in [6.45, 7) is 5.48. The highest BCUT2D eigenvalue weighted by molar-refractivity contribution is 7.80. The normalized spacial score (nSPS) is 14.7. The van der Waals surface area contributed by atoms with E-state index < -0.39 is 12.0 Å². The molecule has 18 heavy (non-hydrogen) atoms. The number of amides is 1. The van der Waals surface area contributed by atoms with E-state index in [-0.39, 0.29) is 17.7 Å². The first-order valence-electron chi connectivity index (χ1n) is 6.18. The van der Waals surface area contributed by atoms with E-state index in [4.69, 9.17) is 5.11 Å². The van der Waals surface area contributed by atoms with Crippen molar-refractivity contribution < 1.29 is 14.7 Å². The van der Waals surface area contributed by atoms with Crippen LogP contribution in [-0.4, -0.2) is 28.8 Å². The molecule has 0 aliphatic rings. The van der Waals surface area contributed by atoms with Crippen LogP contribution in [0.3, 0.4) is 0 Å². The van der Waals surface area contributed by atoms with Gasteiger partial charge < -0.3 is 10.4 Å². The number of carbonyl (C=O) groups is 2. The van der Waals surface area contributed by atoms with Crippen molar-refractivity contribution in [3.05, 3.63) is 12.2 Å². The maximum Gasteiger partial charge on any atom is 0.326 e. The Morgan fingerprint density at radius 2 is 1.94 bits per heavy atom. The minimum absolute atomic E-state index is 0.103.